The fraction of sp³-hybridized carbons (Fsp3) is 0.533. The number of hydrogen-bond donors (Lipinski definition) is 1. The van der Waals surface area contributed by atoms with Crippen LogP contribution in [-0.4, -0.2) is 43.2 Å². The standard InChI is InChI=1S/C15H20N2O2.ClH/c1-2-13-10-17(7-8-19-13)15(18)12-3-4-14-11(9-12)5-6-16-14;/h3-4,9,13,16H,2,5-8,10H2,1H3;1H. The second-order valence-electron chi connectivity index (χ2n) is 5.20. The van der Waals surface area contributed by atoms with Gasteiger partial charge in [-0.1, -0.05) is 6.92 Å². The van der Waals surface area contributed by atoms with Gasteiger partial charge in [0.15, 0.2) is 0 Å². The van der Waals surface area contributed by atoms with Crippen LogP contribution in [0.4, 0.5) is 5.69 Å². The van der Waals surface area contributed by atoms with E-state index in [-0.39, 0.29) is 24.4 Å². The first-order valence-corrected chi connectivity index (χ1v) is 7.05. The highest BCUT2D eigenvalue weighted by molar-refractivity contribution is 5.95. The average molecular weight is 297 g/mol. The predicted molar refractivity (Wildman–Crippen MR) is 81.8 cm³/mol. The summed E-state index contributed by atoms with van der Waals surface area (Å²) >= 11 is 0. The second-order valence-corrected chi connectivity index (χ2v) is 5.20. The Labute approximate surface area is 125 Å². The molecule has 2 heterocycles. The molecule has 1 fully saturated rings. The predicted octanol–water partition coefficient (Wildman–Crippen LogP) is 2.33. The van der Waals surface area contributed by atoms with Crippen LogP contribution in [0.15, 0.2) is 18.2 Å². The van der Waals surface area contributed by atoms with Crippen molar-refractivity contribution >= 4 is 24.0 Å². The Morgan fingerprint density at radius 3 is 3.15 bits per heavy atom. The maximum atomic E-state index is 12.5. The molecule has 3 rings (SSSR count). The average Bonchev–Trinajstić information content (AvgIpc) is 2.94. The van der Waals surface area contributed by atoms with E-state index in [1.807, 2.05) is 23.1 Å². The van der Waals surface area contributed by atoms with Gasteiger partial charge in [-0.25, -0.2) is 0 Å². The van der Waals surface area contributed by atoms with Crippen molar-refractivity contribution in [2.24, 2.45) is 0 Å². The van der Waals surface area contributed by atoms with Crippen LogP contribution in [0.5, 0.6) is 0 Å². The minimum atomic E-state index is 0. The number of anilines is 1. The number of carbonyl (C=O) groups excluding carboxylic acids is 1. The number of rotatable bonds is 2. The molecule has 1 aromatic carbocycles. The molecule has 1 atom stereocenters. The Balaban J connectivity index is 0.00000147. The third-order valence-electron chi connectivity index (χ3n) is 3.94. The van der Waals surface area contributed by atoms with Crippen molar-refractivity contribution < 1.29 is 9.53 Å². The summed E-state index contributed by atoms with van der Waals surface area (Å²) in [7, 11) is 0. The van der Waals surface area contributed by atoms with Gasteiger partial charge in [0.25, 0.3) is 5.91 Å². The van der Waals surface area contributed by atoms with Crippen LogP contribution >= 0.6 is 12.4 Å². The lowest BCUT2D eigenvalue weighted by molar-refractivity contribution is -0.0226. The maximum Gasteiger partial charge on any atom is 0.254 e. The lowest BCUT2D eigenvalue weighted by atomic mass is 10.1. The van der Waals surface area contributed by atoms with Crippen molar-refractivity contribution in [1.82, 2.24) is 4.90 Å². The van der Waals surface area contributed by atoms with E-state index in [9.17, 15) is 4.79 Å². The summed E-state index contributed by atoms with van der Waals surface area (Å²) in [6.07, 6.45) is 2.16. The number of fused-ring (bicyclic) bond motifs is 1. The molecule has 1 N–H and O–H groups in total. The number of nitrogens with zero attached hydrogens (tertiary/aromatic N) is 1. The summed E-state index contributed by atoms with van der Waals surface area (Å²) in [5, 5.41) is 3.32. The Morgan fingerprint density at radius 1 is 1.50 bits per heavy atom. The normalized spacial score (nSPS) is 20.9. The van der Waals surface area contributed by atoms with Crippen molar-refractivity contribution in [3.05, 3.63) is 29.3 Å². The van der Waals surface area contributed by atoms with Gasteiger partial charge in [-0.05, 0) is 36.6 Å². The number of ether oxygens (including phenoxy) is 1. The van der Waals surface area contributed by atoms with Gasteiger partial charge in [0.1, 0.15) is 0 Å². The van der Waals surface area contributed by atoms with Gasteiger partial charge < -0.3 is 15.0 Å². The molecule has 110 valence electrons. The zero-order chi connectivity index (χ0) is 13.2. The Kier molecular flexibility index (Phi) is 4.89. The van der Waals surface area contributed by atoms with Gasteiger partial charge in [0.05, 0.1) is 12.7 Å². The molecule has 0 aliphatic carbocycles. The van der Waals surface area contributed by atoms with E-state index in [1.54, 1.807) is 0 Å². The molecule has 5 heteroatoms. The topological polar surface area (TPSA) is 41.6 Å². The molecule has 2 aliphatic rings. The van der Waals surface area contributed by atoms with Crippen LogP contribution in [0.2, 0.25) is 0 Å². The van der Waals surface area contributed by atoms with Crippen LogP contribution in [0.25, 0.3) is 0 Å². The zero-order valence-corrected chi connectivity index (χ0v) is 12.5. The summed E-state index contributed by atoms with van der Waals surface area (Å²) in [5.41, 5.74) is 3.23. The Morgan fingerprint density at radius 2 is 2.35 bits per heavy atom. The highest BCUT2D eigenvalue weighted by Gasteiger charge is 2.24. The Hall–Kier alpha value is -1.26. The number of benzene rings is 1. The van der Waals surface area contributed by atoms with Crippen LogP contribution in [0.1, 0.15) is 29.3 Å². The summed E-state index contributed by atoms with van der Waals surface area (Å²) in [6, 6.07) is 5.98. The van der Waals surface area contributed by atoms with Gasteiger partial charge in [-0.3, -0.25) is 4.79 Å². The molecule has 0 aromatic heterocycles. The molecule has 0 spiro atoms. The number of halogens is 1. The van der Waals surface area contributed by atoms with Crippen molar-refractivity contribution in [2.75, 3.05) is 31.6 Å². The monoisotopic (exact) mass is 296 g/mol. The highest BCUT2D eigenvalue weighted by Crippen LogP contribution is 2.24. The van der Waals surface area contributed by atoms with E-state index in [1.165, 1.54) is 11.3 Å². The summed E-state index contributed by atoms with van der Waals surface area (Å²) in [5.74, 6) is 0.136. The van der Waals surface area contributed by atoms with Crippen molar-refractivity contribution in [3.8, 4) is 0 Å². The lowest BCUT2D eigenvalue weighted by Gasteiger charge is -2.32. The van der Waals surface area contributed by atoms with E-state index >= 15 is 0 Å². The molecular weight excluding hydrogens is 276 g/mol. The van der Waals surface area contributed by atoms with Gasteiger partial charge in [0, 0.05) is 30.9 Å². The second kappa shape index (κ2) is 6.46. The molecule has 1 saturated heterocycles. The first-order valence-electron chi connectivity index (χ1n) is 7.05. The van der Waals surface area contributed by atoms with E-state index < -0.39 is 0 Å². The fourth-order valence-corrected chi connectivity index (χ4v) is 2.77. The van der Waals surface area contributed by atoms with Gasteiger partial charge in [-0.2, -0.15) is 0 Å². The van der Waals surface area contributed by atoms with Crippen LogP contribution in [0, 0.1) is 0 Å². The molecule has 20 heavy (non-hydrogen) atoms. The van der Waals surface area contributed by atoms with E-state index in [4.69, 9.17) is 4.74 Å². The lowest BCUT2D eigenvalue weighted by Crippen LogP contribution is -2.45. The summed E-state index contributed by atoms with van der Waals surface area (Å²) in [4.78, 5) is 14.4. The largest absolute Gasteiger partial charge is 0.384 e. The van der Waals surface area contributed by atoms with Crippen LogP contribution < -0.4 is 5.32 Å². The maximum absolute atomic E-state index is 12.5. The number of carbonyl (C=O) groups is 1. The first-order chi connectivity index (χ1) is 9.28. The van der Waals surface area contributed by atoms with Gasteiger partial charge in [-0.15, -0.1) is 12.4 Å². The SMILES string of the molecule is CCC1CN(C(=O)c2ccc3c(c2)CCN3)CCO1.Cl. The third-order valence-corrected chi connectivity index (χ3v) is 3.94. The minimum Gasteiger partial charge on any atom is -0.384 e. The molecule has 0 radical (unpaired) electrons. The van der Waals surface area contributed by atoms with E-state index in [2.05, 4.69) is 12.2 Å². The summed E-state index contributed by atoms with van der Waals surface area (Å²) in [6.45, 7) is 5.13. The van der Waals surface area contributed by atoms with Crippen LogP contribution in [0.3, 0.4) is 0 Å². The third kappa shape index (κ3) is 2.91. The van der Waals surface area contributed by atoms with E-state index in [0.29, 0.717) is 19.7 Å². The fourth-order valence-electron chi connectivity index (χ4n) is 2.77. The zero-order valence-electron chi connectivity index (χ0n) is 11.7. The van der Waals surface area contributed by atoms with Gasteiger partial charge in [0.2, 0.25) is 0 Å². The number of nitrogens with one attached hydrogen (secondary N) is 1. The quantitative estimate of drug-likeness (QED) is 0.911. The number of amides is 1. The Bertz CT molecular complexity index is 493. The molecular formula is C15H21ClN2O2. The smallest absolute Gasteiger partial charge is 0.254 e. The van der Waals surface area contributed by atoms with Crippen molar-refractivity contribution in [3.63, 3.8) is 0 Å². The van der Waals surface area contributed by atoms with E-state index in [0.717, 1.165) is 24.9 Å². The van der Waals surface area contributed by atoms with Crippen LogP contribution in [-0.2, 0) is 11.2 Å². The number of morpholine rings is 1. The van der Waals surface area contributed by atoms with Crippen molar-refractivity contribution in [1.29, 1.82) is 0 Å². The molecule has 1 amide bonds. The molecule has 1 unspecified atom stereocenters. The molecule has 0 bridgehead atoms. The molecule has 1 aromatic rings. The highest BCUT2D eigenvalue weighted by atomic mass is 35.5. The first kappa shape index (κ1) is 15.1. The van der Waals surface area contributed by atoms with Crippen molar-refractivity contribution in [2.45, 2.75) is 25.9 Å². The van der Waals surface area contributed by atoms with Gasteiger partial charge >= 0.3 is 0 Å². The molecule has 4 nitrogen and oxygen atoms in total. The molecule has 0 saturated carbocycles. The molecule has 2 aliphatic heterocycles. The minimum absolute atomic E-state index is 0. The summed E-state index contributed by atoms with van der Waals surface area (Å²) < 4.78 is 5.61. The number of hydrogen-bond acceptors (Lipinski definition) is 3.